The molecule has 0 amide bonds. The van der Waals surface area contributed by atoms with Crippen LogP contribution in [0.4, 0.5) is 0 Å². The molecule has 3 aliphatic carbocycles. The van der Waals surface area contributed by atoms with Gasteiger partial charge in [-0.3, -0.25) is 4.79 Å². The predicted octanol–water partition coefficient (Wildman–Crippen LogP) is 5.68. The molecule has 0 spiro atoms. The van der Waals surface area contributed by atoms with Crippen molar-refractivity contribution in [3.63, 3.8) is 0 Å². The van der Waals surface area contributed by atoms with E-state index in [0.717, 1.165) is 19.3 Å². The molecule has 0 aromatic carbocycles. The third-order valence-corrected chi connectivity index (χ3v) is 7.32. The Balaban J connectivity index is 1.96. The molecule has 0 aromatic rings. The number of hydrogen-bond donors (Lipinski definition) is 0. The van der Waals surface area contributed by atoms with E-state index in [-0.39, 0.29) is 16.8 Å². The fraction of sp³-hybridized carbons (Fsp3) is 0.773. The smallest absolute Gasteiger partial charge is 0.312 e. The number of rotatable bonds is 3. The first-order valence-corrected chi connectivity index (χ1v) is 9.90. The van der Waals surface area contributed by atoms with E-state index in [9.17, 15) is 4.79 Å². The molecule has 0 unspecified atom stereocenters. The largest absolute Gasteiger partial charge is 0.466 e. The van der Waals surface area contributed by atoms with Crippen LogP contribution >= 0.6 is 0 Å². The minimum absolute atomic E-state index is 0.0343. The first-order chi connectivity index (χ1) is 11.3. The Morgan fingerprint density at radius 2 is 2.08 bits per heavy atom. The summed E-state index contributed by atoms with van der Waals surface area (Å²) in [5, 5.41) is 0. The highest BCUT2D eigenvalue weighted by molar-refractivity contribution is 5.77. The summed E-state index contributed by atoms with van der Waals surface area (Å²) in [6.07, 6.45) is 11.8. The van der Waals surface area contributed by atoms with E-state index in [1.54, 1.807) is 11.1 Å². The molecular formula is C22H34O2. The van der Waals surface area contributed by atoms with Crippen LogP contribution in [-0.2, 0) is 9.53 Å². The van der Waals surface area contributed by atoms with Gasteiger partial charge in [-0.25, -0.2) is 0 Å². The molecule has 1 fully saturated rings. The quantitative estimate of drug-likeness (QED) is 0.622. The topological polar surface area (TPSA) is 26.3 Å². The second-order valence-corrected chi connectivity index (χ2v) is 8.95. The van der Waals surface area contributed by atoms with Crippen LogP contribution in [0.15, 0.2) is 23.3 Å². The lowest BCUT2D eigenvalue weighted by molar-refractivity contribution is -0.168. The van der Waals surface area contributed by atoms with Crippen LogP contribution in [0.25, 0.3) is 0 Å². The Bertz CT molecular complexity index is 571. The fourth-order valence-corrected chi connectivity index (χ4v) is 5.88. The minimum atomic E-state index is -0.312. The highest BCUT2D eigenvalue weighted by Gasteiger charge is 2.57. The maximum Gasteiger partial charge on any atom is 0.312 e. The summed E-state index contributed by atoms with van der Waals surface area (Å²) in [5.41, 5.74) is 3.08. The molecular weight excluding hydrogens is 296 g/mol. The molecule has 4 atom stereocenters. The highest BCUT2D eigenvalue weighted by atomic mass is 16.5. The van der Waals surface area contributed by atoms with Gasteiger partial charge in [0.15, 0.2) is 0 Å². The predicted molar refractivity (Wildman–Crippen MR) is 98.5 cm³/mol. The molecule has 1 saturated carbocycles. The summed E-state index contributed by atoms with van der Waals surface area (Å²) < 4.78 is 5.49. The molecule has 0 heterocycles. The number of hydrogen-bond acceptors (Lipinski definition) is 2. The van der Waals surface area contributed by atoms with Gasteiger partial charge >= 0.3 is 5.97 Å². The van der Waals surface area contributed by atoms with Gasteiger partial charge in [-0.1, -0.05) is 44.9 Å². The van der Waals surface area contributed by atoms with Crippen molar-refractivity contribution >= 4 is 5.97 Å². The van der Waals surface area contributed by atoms with Gasteiger partial charge in [0.1, 0.15) is 0 Å². The lowest BCUT2D eigenvalue weighted by Gasteiger charge is -2.57. The van der Waals surface area contributed by atoms with E-state index < -0.39 is 0 Å². The summed E-state index contributed by atoms with van der Waals surface area (Å²) in [4.78, 5) is 12.8. The van der Waals surface area contributed by atoms with Crippen LogP contribution < -0.4 is 0 Å². The molecule has 3 rings (SSSR count). The van der Waals surface area contributed by atoms with Crippen molar-refractivity contribution in [2.24, 2.45) is 28.6 Å². The number of carbonyl (C=O) groups excluding carboxylic acids is 1. The maximum absolute atomic E-state index is 12.8. The summed E-state index contributed by atoms with van der Waals surface area (Å²) in [5.74, 6) is 1.72. The van der Waals surface area contributed by atoms with Gasteiger partial charge in [0, 0.05) is 0 Å². The van der Waals surface area contributed by atoms with Crippen molar-refractivity contribution < 1.29 is 9.53 Å². The van der Waals surface area contributed by atoms with Crippen LogP contribution in [0.3, 0.4) is 0 Å². The van der Waals surface area contributed by atoms with Gasteiger partial charge in [-0.2, -0.15) is 0 Å². The van der Waals surface area contributed by atoms with E-state index in [1.165, 1.54) is 19.3 Å². The van der Waals surface area contributed by atoms with Gasteiger partial charge in [-0.15, -0.1) is 0 Å². The molecule has 3 aliphatic rings. The van der Waals surface area contributed by atoms with E-state index in [1.807, 2.05) is 6.92 Å². The second kappa shape index (κ2) is 6.35. The molecule has 24 heavy (non-hydrogen) atoms. The second-order valence-electron chi connectivity index (χ2n) is 8.95. The van der Waals surface area contributed by atoms with Crippen LogP contribution in [0.1, 0.15) is 73.1 Å². The molecule has 0 radical (unpaired) electrons. The van der Waals surface area contributed by atoms with Gasteiger partial charge in [0.25, 0.3) is 0 Å². The first kappa shape index (κ1) is 17.8. The van der Waals surface area contributed by atoms with Crippen molar-refractivity contribution in [3.8, 4) is 0 Å². The van der Waals surface area contributed by atoms with Gasteiger partial charge in [-0.05, 0) is 74.7 Å². The normalized spacial score (nSPS) is 38.8. The molecule has 2 nitrogen and oxygen atoms in total. The van der Waals surface area contributed by atoms with Crippen LogP contribution in [0.2, 0.25) is 0 Å². The summed E-state index contributed by atoms with van der Waals surface area (Å²) >= 11 is 0. The van der Waals surface area contributed by atoms with Crippen molar-refractivity contribution in [1.82, 2.24) is 0 Å². The van der Waals surface area contributed by atoms with E-state index in [2.05, 4.69) is 39.8 Å². The van der Waals surface area contributed by atoms with Crippen molar-refractivity contribution in [1.29, 1.82) is 0 Å². The zero-order valence-electron chi connectivity index (χ0n) is 16.2. The van der Waals surface area contributed by atoms with Gasteiger partial charge < -0.3 is 4.74 Å². The standard InChI is InChI=1S/C22H34O2/c1-6-24-20(23)22(5)13-7-12-21(4)18-10-8-16(15(2)3)14-17(18)9-11-19(21)22/h9,14-15,18-19H,6-8,10-13H2,1-5H3/t18-,19-,21-,22-/m0/s1. The van der Waals surface area contributed by atoms with Crippen LogP contribution in [0.5, 0.6) is 0 Å². The van der Waals surface area contributed by atoms with Crippen molar-refractivity contribution in [2.75, 3.05) is 6.61 Å². The number of esters is 1. The third-order valence-electron chi connectivity index (χ3n) is 7.32. The average molecular weight is 331 g/mol. The van der Waals surface area contributed by atoms with Gasteiger partial charge in [0.05, 0.1) is 12.0 Å². The number of fused-ring (bicyclic) bond motifs is 3. The Morgan fingerprint density at radius 1 is 1.33 bits per heavy atom. The Hall–Kier alpha value is -1.05. The lowest BCUT2D eigenvalue weighted by Crippen LogP contribution is -2.53. The zero-order chi connectivity index (χ0) is 17.5. The van der Waals surface area contributed by atoms with Crippen LogP contribution in [0, 0.1) is 28.6 Å². The van der Waals surface area contributed by atoms with Crippen molar-refractivity contribution in [2.45, 2.75) is 73.1 Å². The van der Waals surface area contributed by atoms with Gasteiger partial charge in [0.2, 0.25) is 0 Å². The molecule has 0 bridgehead atoms. The fourth-order valence-electron chi connectivity index (χ4n) is 5.88. The third kappa shape index (κ3) is 2.66. The van der Waals surface area contributed by atoms with Crippen LogP contribution in [-0.4, -0.2) is 12.6 Å². The molecule has 0 aromatic heterocycles. The monoisotopic (exact) mass is 330 g/mol. The maximum atomic E-state index is 12.8. The number of ether oxygens (including phenoxy) is 1. The zero-order valence-corrected chi connectivity index (χ0v) is 16.2. The van der Waals surface area contributed by atoms with E-state index in [4.69, 9.17) is 4.74 Å². The summed E-state index contributed by atoms with van der Waals surface area (Å²) in [7, 11) is 0. The van der Waals surface area contributed by atoms with Crippen molar-refractivity contribution in [3.05, 3.63) is 23.3 Å². The number of allylic oxidation sites excluding steroid dienone is 4. The molecule has 0 aliphatic heterocycles. The molecule has 0 saturated heterocycles. The van der Waals surface area contributed by atoms with E-state index >= 15 is 0 Å². The SMILES string of the molecule is CCOC(=O)[C@@]1(C)CCC[C@@]2(C)[C@H]3CCC(C(C)C)=CC3=CC[C@@H]21. The summed E-state index contributed by atoms with van der Waals surface area (Å²) in [6.45, 7) is 11.6. The average Bonchev–Trinajstić information content (AvgIpc) is 2.54. The lowest BCUT2D eigenvalue weighted by atomic mass is 9.47. The Morgan fingerprint density at radius 3 is 2.75 bits per heavy atom. The van der Waals surface area contributed by atoms with E-state index in [0.29, 0.717) is 24.4 Å². The minimum Gasteiger partial charge on any atom is -0.466 e. The Labute approximate surface area is 147 Å². The molecule has 134 valence electrons. The summed E-state index contributed by atoms with van der Waals surface area (Å²) in [6, 6.07) is 0. The highest BCUT2D eigenvalue weighted by Crippen LogP contribution is 2.62. The molecule has 2 heteroatoms. The first-order valence-electron chi connectivity index (χ1n) is 9.90. The molecule has 0 N–H and O–H groups in total. The Kier molecular flexibility index (Phi) is 4.70. The number of carbonyl (C=O) groups is 1.